The number of Topliss-reactive ketones (excluding diaryl/α,β-unsaturated/α-hetero) is 1. The van der Waals surface area contributed by atoms with Gasteiger partial charge < -0.3 is 0 Å². The van der Waals surface area contributed by atoms with Crippen molar-refractivity contribution in [2.45, 2.75) is 52.4 Å². The Morgan fingerprint density at radius 2 is 2.00 bits per heavy atom. The molecule has 0 aromatic carbocycles. The summed E-state index contributed by atoms with van der Waals surface area (Å²) >= 11 is 0. The zero-order chi connectivity index (χ0) is 12.3. The zero-order valence-corrected chi connectivity index (χ0v) is 10.8. The molecule has 2 heteroatoms. The molecule has 0 amide bonds. The number of carbonyl (C=O) groups excluding carboxylic acids is 1. The molecule has 92 valence electrons. The Hall–Kier alpha value is -1.18. The molecule has 0 aliphatic heterocycles. The molecule has 17 heavy (non-hydrogen) atoms. The standard InChI is InChI=1S/C15H21NO/c1-12-6-7-13(16-11-12)10-14(17)15(2)8-4-3-5-9-15/h6-7,11H,3-5,8-10H2,1-2H3. The Balaban J connectivity index is 2.03. The first kappa shape index (κ1) is 12.3. The molecule has 1 aromatic heterocycles. The van der Waals surface area contributed by atoms with Crippen LogP contribution in [-0.4, -0.2) is 10.8 Å². The Kier molecular flexibility index (Phi) is 3.60. The second-order valence-electron chi connectivity index (χ2n) is 5.55. The predicted octanol–water partition coefficient (Wildman–Crippen LogP) is 3.47. The van der Waals surface area contributed by atoms with Gasteiger partial charge in [-0.3, -0.25) is 9.78 Å². The summed E-state index contributed by atoms with van der Waals surface area (Å²) in [6, 6.07) is 4.00. The van der Waals surface area contributed by atoms with Crippen LogP contribution in [0.3, 0.4) is 0 Å². The largest absolute Gasteiger partial charge is 0.299 e. The van der Waals surface area contributed by atoms with Gasteiger partial charge in [0, 0.05) is 23.7 Å². The van der Waals surface area contributed by atoms with E-state index < -0.39 is 0 Å². The van der Waals surface area contributed by atoms with E-state index in [0.717, 1.165) is 24.1 Å². The fraction of sp³-hybridized carbons (Fsp3) is 0.600. The minimum absolute atomic E-state index is 0.0924. The summed E-state index contributed by atoms with van der Waals surface area (Å²) in [6.45, 7) is 4.14. The molecule has 1 aliphatic rings. The maximum Gasteiger partial charge on any atom is 0.144 e. The van der Waals surface area contributed by atoms with E-state index in [1.165, 1.54) is 19.3 Å². The van der Waals surface area contributed by atoms with E-state index in [1.807, 2.05) is 25.3 Å². The Labute approximate surface area is 103 Å². The summed E-state index contributed by atoms with van der Waals surface area (Å²) in [6.07, 6.45) is 8.12. The van der Waals surface area contributed by atoms with Crippen molar-refractivity contribution in [2.75, 3.05) is 0 Å². The van der Waals surface area contributed by atoms with Crippen molar-refractivity contribution in [3.8, 4) is 0 Å². The maximum atomic E-state index is 12.3. The van der Waals surface area contributed by atoms with Crippen molar-refractivity contribution < 1.29 is 4.79 Å². The number of aromatic nitrogens is 1. The van der Waals surface area contributed by atoms with Gasteiger partial charge in [0.15, 0.2) is 0 Å². The van der Waals surface area contributed by atoms with Gasteiger partial charge in [0.1, 0.15) is 5.78 Å². The molecule has 1 fully saturated rings. The third kappa shape index (κ3) is 2.93. The summed E-state index contributed by atoms with van der Waals surface area (Å²) in [5.41, 5.74) is 1.96. The summed E-state index contributed by atoms with van der Waals surface area (Å²) in [4.78, 5) is 16.7. The maximum absolute atomic E-state index is 12.3. The normalized spacial score (nSPS) is 18.9. The first-order chi connectivity index (χ1) is 8.10. The Morgan fingerprint density at radius 3 is 2.59 bits per heavy atom. The Bertz CT molecular complexity index is 388. The SMILES string of the molecule is Cc1ccc(CC(=O)C2(C)CCCCC2)nc1. The molecule has 0 radical (unpaired) electrons. The summed E-state index contributed by atoms with van der Waals surface area (Å²) in [7, 11) is 0. The van der Waals surface area contributed by atoms with Gasteiger partial charge in [-0.25, -0.2) is 0 Å². The molecule has 1 aromatic rings. The van der Waals surface area contributed by atoms with E-state index in [1.54, 1.807) is 0 Å². The lowest BCUT2D eigenvalue weighted by Gasteiger charge is -2.31. The highest BCUT2D eigenvalue weighted by Crippen LogP contribution is 2.37. The number of ketones is 1. The van der Waals surface area contributed by atoms with Crippen LogP contribution >= 0.6 is 0 Å². The monoisotopic (exact) mass is 231 g/mol. The first-order valence-electron chi connectivity index (χ1n) is 6.55. The van der Waals surface area contributed by atoms with E-state index in [0.29, 0.717) is 12.2 Å². The zero-order valence-electron chi connectivity index (χ0n) is 10.8. The predicted molar refractivity (Wildman–Crippen MR) is 68.9 cm³/mol. The van der Waals surface area contributed by atoms with Gasteiger partial charge in [0.05, 0.1) is 0 Å². The number of rotatable bonds is 3. The number of nitrogens with zero attached hydrogens (tertiary/aromatic N) is 1. The molecular formula is C15H21NO. The molecule has 2 nitrogen and oxygen atoms in total. The smallest absolute Gasteiger partial charge is 0.144 e. The molecular weight excluding hydrogens is 210 g/mol. The van der Waals surface area contributed by atoms with Crippen molar-refractivity contribution in [2.24, 2.45) is 5.41 Å². The van der Waals surface area contributed by atoms with E-state index in [9.17, 15) is 4.79 Å². The molecule has 1 aliphatic carbocycles. The number of hydrogen-bond acceptors (Lipinski definition) is 2. The van der Waals surface area contributed by atoms with Gasteiger partial charge >= 0.3 is 0 Å². The van der Waals surface area contributed by atoms with Crippen LogP contribution in [-0.2, 0) is 11.2 Å². The van der Waals surface area contributed by atoms with Crippen molar-refractivity contribution in [1.82, 2.24) is 4.98 Å². The first-order valence-corrected chi connectivity index (χ1v) is 6.55. The van der Waals surface area contributed by atoms with Gasteiger partial charge in [-0.05, 0) is 31.4 Å². The van der Waals surface area contributed by atoms with E-state index in [4.69, 9.17) is 0 Å². The minimum atomic E-state index is -0.0924. The van der Waals surface area contributed by atoms with Gasteiger partial charge in [0.25, 0.3) is 0 Å². The molecule has 1 heterocycles. The second kappa shape index (κ2) is 4.99. The summed E-state index contributed by atoms with van der Waals surface area (Å²) < 4.78 is 0. The van der Waals surface area contributed by atoms with Crippen LogP contribution in [0, 0.1) is 12.3 Å². The summed E-state index contributed by atoms with van der Waals surface area (Å²) in [5.74, 6) is 0.369. The fourth-order valence-electron chi connectivity index (χ4n) is 2.59. The third-order valence-corrected chi connectivity index (χ3v) is 3.94. The number of pyridine rings is 1. The Morgan fingerprint density at radius 1 is 1.29 bits per heavy atom. The van der Waals surface area contributed by atoms with Crippen LogP contribution < -0.4 is 0 Å². The average Bonchev–Trinajstić information content (AvgIpc) is 2.33. The highest BCUT2D eigenvalue weighted by Gasteiger charge is 2.33. The van der Waals surface area contributed by atoms with Crippen LogP contribution in [0.5, 0.6) is 0 Å². The molecule has 2 rings (SSSR count). The van der Waals surface area contributed by atoms with Crippen molar-refractivity contribution in [3.05, 3.63) is 29.6 Å². The molecule has 1 saturated carbocycles. The van der Waals surface area contributed by atoms with Gasteiger partial charge in [-0.1, -0.05) is 32.3 Å². The van der Waals surface area contributed by atoms with Crippen molar-refractivity contribution in [1.29, 1.82) is 0 Å². The number of aryl methyl sites for hydroxylation is 1. The van der Waals surface area contributed by atoms with Crippen LogP contribution in [0.25, 0.3) is 0 Å². The minimum Gasteiger partial charge on any atom is -0.299 e. The molecule has 0 spiro atoms. The molecule has 0 atom stereocenters. The van der Waals surface area contributed by atoms with Gasteiger partial charge in [0.2, 0.25) is 0 Å². The van der Waals surface area contributed by atoms with Crippen LogP contribution in [0.15, 0.2) is 18.3 Å². The van der Waals surface area contributed by atoms with Crippen molar-refractivity contribution in [3.63, 3.8) is 0 Å². The molecule has 0 unspecified atom stereocenters. The quantitative estimate of drug-likeness (QED) is 0.797. The van der Waals surface area contributed by atoms with E-state index in [-0.39, 0.29) is 5.41 Å². The van der Waals surface area contributed by atoms with Crippen LogP contribution in [0.2, 0.25) is 0 Å². The lowest BCUT2D eigenvalue weighted by molar-refractivity contribution is -0.128. The molecule has 0 N–H and O–H groups in total. The fourth-order valence-corrected chi connectivity index (χ4v) is 2.59. The van der Waals surface area contributed by atoms with E-state index >= 15 is 0 Å². The van der Waals surface area contributed by atoms with Crippen LogP contribution in [0.1, 0.15) is 50.3 Å². The van der Waals surface area contributed by atoms with Crippen LogP contribution in [0.4, 0.5) is 0 Å². The third-order valence-electron chi connectivity index (χ3n) is 3.94. The van der Waals surface area contributed by atoms with Gasteiger partial charge in [-0.2, -0.15) is 0 Å². The number of carbonyl (C=O) groups is 1. The number of hydrogen-bond donors (Lipinski definition) is 0. The molecule has 0 saturated heterocycles. The highest BCUT2D eigenvalue weighted by molar-refractivity contribution is 5.86. The second-order valence-corrected chi connectivity index (χ2v) is 5.55. The molecule has 0 bridgehead atoms. The van der Waals surface area contributed by atoms with Gasteiger partial charge in [-0.15, -0.1) is 0 Å². The highest BCUT2D eigenvalue weighted by atomic mass is 16.1. The topological polar surface area (TPSA) is 30.0 Å². The summed E-state index contributed by atoms with van der Waals surface area (Å²) in [5, 5.41) is 0. The average molecular weight is 231 g/mol. The lowest BCUT2D eigenvalue weighted by atomic mass is 9.72. The lowest BCUT2D eigenvalue weighted by Crippen LogP contribution is -2.31. The van der Waals surface area contributed by atoms with E-state index in [2.05, 4.69) is 11.9 Å². The van der Waals surface area contributed by atoms with Crippen molar-refractivity contribution >= 4 is 5.78 Å².